The number of nitrogens with zero attached hydrogens (tertiary/aromatic N) is 1. The first-order valence-electron chi connectivity index (χ1n) is 5.13. The van der Waals surface area contributed by atoms with Crippen molar-refractivity contribution in [1.29, 1.82) is 0 Å². The Morgan fingerprint density at radius 3 is 2.53 bits per heavy atom. The highest BCUT2D eigenvalue weighted by Gasteiger charge is 2.13. The molecule has 1 amide bonds. The van der Waals surface area contributed by atoms with Crippen LogP contribution in [0.2, 0.25) is 0 Å². The van der Waals surface area contributed by atoms with Gasteiger partial charge in [0.15, 0.2) is 0 Å². The van der Waals surface area contributed by atoms with Crippen molar-refractivity contribution < 1.29 is 14.4 Å². The molecular weight excluding hydrogens is 238 g/mol. The van der Waals surface area contributed by atoms with Gasteiger partial charge in [-0.15, -0.1) is 0 Å². The molecule has 0 unspecified atom stereocenters. The molecule has 0 radical (unpaired) electrons. The molecule has 0 aliphatic rings. The van der Waals surface area contributed by atoms with E-state index in [0.29, 0.717) is 5.75 Å². The summed E-state index contributed by atoms with van der Waals surface area (Å²) in [5, 5.41) is 0.988. The number of carbonyl (C=O) groups excluding carboxylic acids is 2. The lowest BCUT2D eigenvalue weighted by Crippen LogP contribution is -2.31. The zero-order valence-corrected chi connectivity index (χ0v) is 10.7. The van der Waals surface area contributed by atoms with E-state index in [1.807, 2.05) is 36.6 Å². The predicted molar refractivity (Wildman–Crippen MR) is 67.4 cm³/mol. The molecule has 0 fully saturated rings. The van der Waals surface area contributed by atoms with Gasteiger partial charge in [0.1, 0.15) is 0 Å². The number of hydroxylamine groups is 2. The largest absolute Gasteiger partial charge is 0.338 e. The average molecular weight is 253 g/mol. The smallest absolute Gasteiger partial charge is 0.336 e. The van der Waals surface area contributed by atoms with Gasteiger partial charge in [0, 0.05) is 7.05 Å². The Hall–Kier alpha value is -1.49. The number of amides is 1. The molecule has 17 heavy (non-hydrogen) atoms. The van der Waals surface area contributed by atoms with Crippen LogP contribution in [-0.4, -0.2) is 36.0 Å². The van der Waals surface area contributed by atoms with E-state index >= 15 is 0 Å². The number of hydrogen-bond donors (Lipinski definition) is 0. The van der Waals surface area contributed by atoms with E-state index in [1.165, 1.54) is 18.8 Å². The second-order valence-electron chi connectivity index (χ2n) is 3.45. The van der Waals surface area contributed by atoms with E-state index in [2.05, 4.69) is 0 Å². The molecule has 1 aromatic carbocycles. The van der Waals surface area contributed by atoms with Gasteiger partial charge in [-0.2, -0.15) is 16.8 Å². The second kappa shape index (κ2) is 6.96. The molecule has 4 nitrogen and oxygen atoms in total. The minimum atomic E-state index is -0.437. The normalized spacial score (nSPS) is 9.76. The van der Waals surface area contributed by atoms with Gasteiger partial charge in [0.2, 0.25) is 0 Å². The van der Waals surface area contributed by atoms with Gasteiger partial charge in [0.05, 0.1) is 12.2 Å². The first-order chi connectivity index (χ1) is 8.13. The number of benzene rings is 1. The summed E-state index contributed by atoms with van der Waals surface area (Å²) in [5.41, 5.74) is 0.864. The molecule has 0 aromatic heterocycles. The number of rotatable bonds is 4. The average Bonchev–Trinajstić information content (AvgIpc) is 2.30. The zero-order chi connectivity index (χ0) is 12.7. The van der Waals surface area contributed by atoms with E-state index in [0.717, 1.165) is 10.6 Å². The van der Waals surface area contributed by atoms with Crippen LogP contribution in [0.5, 0.6) is 0 Å². The SMILES string of the molecule is CSCC(=O)N(C)OC(=O)Cc1ccccc1. The number of thioether (sulfide) groups is 1. The van der Waals surface area contributed by atoms with Crippen molar-refractivity contribution in [3.05, 3.63) is 35.9 Å². The van der Waals surface area contributed by atoms with Crippen molar-refractivity contribution in [3.8, 4) is 0 Å². The van der Waals surface area contributed by atoms with E-state index < -0.39 is 5.97 Å². The third kappa shape index (κ3) is 4.91. The summed E-state index contributed by atoms with van der Waals surface area (Å²) >= 11 is 1.39. The van der Waals surface area contributed by atoms with Crippen molar-refractivity contribution in [2.45, 2.75) is 6.42 Å². The minimum Gasteiger partial charge on any atom is -0.338 e. The molecule has 0 bridgehead atoms. The van der Waals surface area contributed by atoms with Gasteiger partial charge in [-0.3, -0.25) is 4.79 Å². The summed E-state index contributed by atoms with van der Waals surface area (Å²) in [6, 6.07) is 9.26. The van der Waals surface area contributed by atoms with E-state index in [-0.39, 0.29) is 12.3 Å². The van der Waals surface area contributed by atoms with Crippen LogP contribution in [0.4, 0.5) is 0 Å². The van der Waals surface area contributed by atoms with E-state index in [9.17, 15) is 9.59 Å². The monoisotopic (exact) mass is 253 g/mol. The van der Waals surface area contributed by atoms with Crippen LogP contribution in [-0.2, 0) is 20.8 Å². The molecule has 0 aliphatic heterocycles. The molecular formula is C12H15NO3S. The number of hydrogen-bond acceptors (Lipinski definition) is 4. The third-order valence-electron chi connectivity index (χ3n) is 2.05. The molecule has 0 aliphatic carbocycles. The second-order valence-corrected chi connectivity index (χ2v) is 4.32. The zero-order valence-electron chi connectivity index (χ0n) is 9.88. The molecule has 5 heteroatoms. The first kappa shape index (κ1) is 13.6. The fourth-order valence-corrected chi connectivity index (χ4v) is 1.64. The van der Waals surface area contributed by atoms with Crippen molar-refractivity contribution in [2.24, 2.45) is 0 Å². The van der Waals surface area contributed by atoms with Crippen LogP contribution < -0.4 is 0 Å². The molecule has 0 saturated carbocycles. The lowest BCUT2D eigenvalue weighted by molar-refractivity contribution is -0.190. The minimum absolute atomic E-state index is 0.164. The van der Waals surface area contributed by atoms with E-state index in [1.54, 1.807) is 0 Å². The Balaban J connectivity index is 2.42. The van der Waals surface area contributed by atoms with Gasteiger partial charge in [-0.05, 0) is 11.8 Å². The van der Waals surface area contributed by atoms with Crippen molar-refractivity contribution >= 4 is 23.6 Å². The maximum Gasteiger partial charge on any atom is 0.336 e. The molecule has 92 valence electrons. The quantitative estimate of drug-likeness (QED) is 0.763. The topological polar surface area (TPSA) is 46.6 Å². The van der Waals surface area contributed by atoms with Crippen molar-refractivity contribution in [3.63, 3.8) is 0 Å². The summed E-state index contributed by atoms with van der Waals surface area (Å²) in [4.78, 5) is 27.8. The molecule has 0 N–H and O–H groups in total. The highest BCUT2D eigenvalue weighted by Crippen LogP contribution is 2.03. The highest BCUT2D eigenvalue weighted by molar-refractivity contribution is 7.99. The van der Waals surface area contributed by atoms with E-state index in [4.69, 9.17) is 4.84 Å². The van der Waals surface area contributed by atoms with Gasteiger partial charge in [0.25, 0.3) is 5.91 Å². The van der Waals surface area contributed by atoms with Crippen LogP contribution in [0.15, 0.2) is 30.3 Å². The molecule has 1 aromatic rings. The lowest BCUT2D eigenvalue weighted by atomic mass is 10.2. The predicted octanol–water partition coefficient (Wildman–Crippen LogP) is 1.51. The summed E-state index contributed by atoms with van der Waals surface area (Å²) in [6.45, 7) is 0. The highest BCUT2D eigenvalue weighted by atomic mass is 32.2. The lowest BCUT2D eigenvalue weighted by Gasteiger charge is -2.15. The summed E-state index contributed by atoms with van der Waals surface area (Å²) in [7, 11) is 1.45. The standard InChI is InChI=1S/C12H15NO3S/c1-13(11(14)9-17-2)16-12(15)8-10-6-4-3-5-7-10/h3-7H,8-9H2,1-2H3. The fourth-order valence-electron chi connectivity index (χ4n) is 1.21. The first-order valence-corrected chi connectivity index (χ1v) is 6.53. The Morgan fingerprint density at radius 1 is 1.29 bits per heavy atom. The Labute approximate surface area is 105 Å². The maximum absolute atomic E-state index is 11.5. The van der Waals surface area contributed by atoms with Crippen molar-refractivity contribution in [1.82, 2.24) is 5.06 Å². The summed E-state index contributed by atoms with van der Waals surface area (Å²) in [5.74, 6) is -0.359. The van der Waals surface area contributed by atoms with Gasteiger partial charge in [-0.25, -0.2) is 4.79 Å². The van der Waals surface area contributed by atoms with Gasteiger partial charge in [-0.1, -0.05) is 30.3 Å². The third-order valence-corrected chi connectivity index (χ3v) is 2.58. The molecule has 0 heterocycles. The molecule has 0 atom stereocenters. The summed E-state index contributed by atoms with van der Waals surface area (Å²) < 4.78 is 0. The molecule has 0 spiro atoms. The van der Waals surface area contributed by atoms with Crippen LogP contribution in [0.25, 0.3) is 0 Å². The van der Waals surface area contributed by atoms with Gasteiger partial charge >= 0.3 is 5.97 Å². The molecule has 1 rings (SSSR count). The number of carbonyl (C=O) groups is 2. The van der Waals surface area contributed by atoms with Crippen LogP contribution in [0.1, 0.15) is 5.56 Å². The Kier molecular flexibility index (Phi) is 5.56. The van der Waals surface area contributed by atoms with Crippen LogP contribution in [0, 0.1) is 0 Å². The molecule has 0 saturated heterocycles. The van der Waals surface area contributed by atoms with Crippen LogP contribution in [0.3, 0.4) is 0 Å². The Bertz CT molecular complexity index is 381. The summed E-state index contributed by atoms with van der Waals surface area (Å²) in [6.07, 6.45) is 1.98. The van der Waals surface area contributed by atoms with Crippen LogP contribution >= 0.6 is 11.8 Å². The van der Waals surface area contributed by atoms with Gasteiger partial charge < -0.3 is 4.84 Å². The Morgan fingerprint density at radius 2 is 1.94 bits per heavy atom. The fraction of sp³-hybridized carbons (Fsp3) is 0.333. The van der Waals surface area contributed by atoms with Crippen molar-refractivity contribution in [2.75, 3.05) is 19.1 Å². The maximum atomic E-state index is 11.5.